The van der Waals surface area contributed by atoms with Crippen LogP contribution in [0.4, 0.5) is 5.69 Å². The SMILES string of the molecule is O=C(O)C1C2C=CC(C2)C1C(=O)Nc1cccnc1Br. The zero-order valence-corrected chi connectivity index (χ0v) is 12.1. The van der Waals surface area contributed by atoms with E-state index >= 15 is 0 Å². The third kappa shape index (κ3) is 2.14. The molecule has 1 aromatic rings. The number of nitrogens with one attached hydrogen (secondary N) is 1. The molecule has 1 fully saturated rings. The van der Waals surface area contributed by atoms with Crippen LogP contribution in [0.1, 0.15) is 6.42 Å². The number of amides is 1. The average molecular weight is 337 g/mol. The summed E-state index contributed by atoms with van der Waals surface area (Å²) < 4.78 is 0.541. The number of allylic oxidation sites excluding steroid dienone is 2. The summed E-state index contributed by atoms with van der Waals surface area (Å²) >= 11 is 3.26. The molecule has 2 aliphatic rings. The van der Waals surface area contributed by atoms with Crippen molar-refractivity contribution in [3.63, 3.8) is 0 Å². The van der Waals surface area contributed by atoms with Crippen LogP contribution in [0, 0.1) is 23.7 Å². The number of aromatic nitrogens is 1. The molecule has 0 aliphatic heterocycles. The fourth-order valence-electron chi connectivity index (χ4n) is 3.21. The molecule has 1 amide bonds. The molecular formula is C14H13BrN2O3. The highest BCUT2D eigenvalue weighted by Gasteiger charge is 2.51. The van der Waals surface area contributed by atoms with Gasteiger partial charge < -0.3 is 10.4 Å². The van der Waals surface area contributed by atoms with Gasteiger partial charge in [0.15, 0.2) is 0 Å². The molecule has 2 N–H and O–H groups in total. The van der Waals surface area contributed by atoms with Gasteiger partial charge in [-0.05, 0) is 46.3 Å². The van der Waals surface area contributed by atoms with Crippen molar-refractivity contribution >= 4 is 33.5 Å². The second-order valence-electron chi connectivity index (χ2n) is 5.17. The second-order valence-corrected chi connectivity index (χ2v) is 5.92. The number of carboxylic acid groups (broad SMARTS) is 1. The number of carbonyl (C=O) groups is 2. The lowest BCUT2D eigenvalue weighted by Gasteiger charge is -2.23. The van der Waals surface area contributed by atoms with E-state index in [4.69, 9.17) is 0 Å². The zero-order valence-electron chi connectivity index (χ0n) is 10.5. The fourth-order valence-corrected chi connectivity index (χ4v) is 3.56. The lowest BCUT2D eigenvalue weighted by molar-refractivity contribution is -0.146. The van der Waals surface area contributed by atoms with Crippen LogP contribution in [0.3, 0.4) is 0 Å². The Morgan fingerprint density at radius 2 is 2.00 bits per heavy atom. The monoisotopic (exact) mass is 336 g/mol. The number of aliphatic carboxylic acids is 1. The first-order valence-electron chi connectivity index (χ1n) is 6.40. The van der Waals surface area contributed by atoms with Gasteiger partial charge >= 0.3 is 5.97 Å². The number of hydrogen-bond acceptors (Lipinski definition) is 3. The number of hydrogen-bond donors (Lipinski definition) is 2. The van der Waals surface area contributed by atoms with E-state index in [-0.39, 0.29) is 17.7 Å². The minimum absolute atomic E-state index is 0.0226. The van der Waals surface area contributed by atoms with E-state index in [1.807, 2.05) is 12.2 Å². The number of carboxylic acids is 1. The summed E-state index contributed by atoms with van der Waals surface area (Å²) in [6, 6.07) is 3.45. The summed E-state index contributed by atoms with van der Waals surface area (Å²) in [6.45, 7) is 0. The van der Waals surface area contributed by atoms with E-state index < -0.39 is 17.8 Å². The van der Waals surface area contributed by atoms with Crippen molar-refractivity contribution in [2.45, 2.75) is 6.42 Å². The Kier molecular flexibility index (Phi) is 3.33. The third-order valence-corrected chi connectivity index (χ3v) is 4.70. The molecule has 0 aromatic carbocycles. The van der Waals surface area contributed by atoms with Gasteiger partial charge in [-0.3, -0.25) is 9.59 Å². The van der Waals surface area contributed by atoms with E-state index in [1.165, 1.54) is 0 Å². The molecule has 1 saturated carbocycles. The van der Waals surface area contributed by atoms with Crippen molar-refractivity contribution < 1.29 is 14.7 Å². The summed E-state index contributed by atoms with van der Waals surface area (Å²) in [5.41, 5.74) is 0.563. The van der Waals surface area contributed by atoms with Crippen LogP contribution in [0.2, 0.25) is 0 Å². The lowest BCUT2D eigenvalue weighted by Crippen LogP contribution is -2.36. The highest BCUT2D eigenvalue weighted by molar-refractivity contribution is 9.10. The molecule has 2 bridgehead atoms. The summed E-state index contributed by atoms with van der Waals surface area (Å²) in [7, 11) is 0. The Labute approximate surface area is 124 Å². The number of rotatable bonds is 3. The van der Waals surface area contributed by atoms with E-state index in [0.717, 1.165) is 6.42 Å². The van der Waals surface area contributed by atoms with Gasteiger partial charge in [-0.2, -0.15) is 0 Å². The Morgan fingerprint density at radius 1 is 1.30 bits per heavy atom. The van der Waals surface area contributed by atoms with Crippen molar-refractivity contribution in [2.24, 2.45) is 23.7 Å². The molecule has 4 unspecified atom stereocenters. The topological polar surface area (TPSA) is 79.3 Å². The van der Waals surface area contributed by atoms with Gasteiger partial charge in [0.1, 0.15) is 4.60 Å². The molecule has 20 heavy (non-hydrogen) atoms. The number of carbonyl (C=O) groups excluding carboxylic acids is 1. The van der Waals surface area contributed by atoms with Crippen molar-refractivity contribution in [1.82, 2.24) is 4.98 Å². The second kappa shape index (κ2) is 5.01. The highest BCUT2D eigenvalue weighted by Crippen LogP contribution is 2.48. The fraction of sp³-hybridized carbons (Fsp3) is 0.357. The Bertz CT molecular complexity index is 602. The first kappa shape index (κ1) is 13.3. The summed E-state index contributed by atoms with van der Waals surface area (Å²) in [6.07, 6.45) is 6.25. The van der Waals surface area contributed by atoms with Crippen molar-refractivity contribution in [2.75, 3.05) is 5.32 Å². The Hall–Kier alpha value is -1.69. The van der Waals surface area contributed by atoms with Crippen LogP contribution < -0.4 is 5.32 Å². The van der Waals surface area contributed by atoms with Gasteiger partial charge in [0.2, 0.25) is 5.91 Å². The zero-order chi connectivity index (χ0) is 14.3. The Balaban J connectivity index is 1.82. The van der Waals surface area contributed by atoms with Crippen LogP contribution in [0.5, 0.6) is 0 Å². The molecule has 1 aromatic heterocycles. The Morgan fingerprint density at radius 3 is 2.65 bits per heavy atom. The number of nitrogens with zero attached hydrogens (tertiary/aromatic N) is 1. The summed E-state index contributed by atoms with van der Waals surface area (Å²) in [5, 5.41) is 12.1. The molecule has 2 aliphatic carbocycles. The molecule has 104 valence electrons. The maximum absolute atomic E-state index is 12.4. The van der Waals surface area contributed by atoms with Crippen LogP contribution in [0.15, 0.2) is 35.1 Å². The molecule has 4 atom stereocenters. The third-order valence-electron chi connectivity index (χ3n) is 4.06. The number of halogens is 1. The number of fused-ring (bicyclic) bond motifs is 2. The van der Waals surface area contributed by atoms with E-state index in [9.17, 15) is 14.7 Å². The predicted octanol–water partition coefficient (Wildman–Crippen LogP) is 2.31. The van der Waals surface area contributed by atoms with E-state index in [2.05, 4.69) is 26.2 Å². The minimum Gasteiger partial charge on any atom is -0.481 e. The number of anilines is 1. The first-order chi connectivity index (χ1) is 9.58. The normalized spacial score (nSPS) is 30.4. The van der Waals surface area contributed by atoms with Crippen molar-refractivity contribution in [1.29, 1.82) is 0 Å². The van der Waals surface area contributed by atoms with Gasteiger partial charge in [-0.25, -0.2) is 4.98 Å². The van der Waals surface area contributed by atoms with Gasteiger partial charge in [0, 0.05) is 6.20 Å². The van der Waals surface area contributed by atoms with Crippen molar-refractivity contribution in [3.8, 4) is 0 Å². The van der Waals surface area contributed by atoms with Crippen LogP contribution >= 0.6 is 15.9 Å². The lowest BCUT2D eigenvalue weighted by atomic mass is 9.82. The van der Waals surface area contributed by atoms with E-state index in [0.29, 0.717) is 10.3 Å². The maximum atomic E-state index is 12.4. The molecule has 1 heterocycles. The largest absolute Gasteiger partial charge is 0.481 e. The molecule has 6 heteroatoms. The van der Waals surface area contributed by atoms with Gasteiger partial charge in [0.25, 0.3) is 0 Å². The molecule has 5 nitrogen and oxygen atoms in total. The van der Waals surface area contributed by atoms with Gasteiger partial charge in [-0.15, -0.1) is 0 Å². The average Bonchev–Trinajstić information content (AvgIpc) is 3.01. The molecular weight excluding hydrogens is 324 g/mol. The number of pyridine rings is 1. The molecule has 3 rings (SSSR count). The van der Waals surface area contributed by atoms with Crippen LogP contribution in [-0.2, 0) is 9.59 Å². The highest BCUT2D eigenvalue weighted by atomic mass is 79.9. The van der Waals surface area contributed by atoms with E-state index in [1.54, 1.807) is 18.3 Å². The standard InChI is InChI=1S/C14H13BrN2O3/c15-12-9(2-1-5-16-12)17-13(18)10-7-3-4-8(6-7)11(10)14(19)20/h1-5,7-8,10-11H,6H2,(H,17,18)(H,19,20). The predicted molar refractivity (Wildman–Crippen MR) is 75.9 cm³/mol. The molecule has 0 radical (unpaired) electrons. The maximum Gasteiger partial charge on any atom is 0.307 e. The first-order valence-corrected chi connectivity index (χ1v) is 7.19. The van der Waals surface area contributed by atoms with Crippen LogP contribution in [-0.4, -0.2) is 22.0 Å². The smallest absolute Gasteiger partial charge is 0.307 e. The van der Waals surface area contributed by atoms with Crippen molar-refractivity contribution in [3.05, 3.63) is 35.1 Å². The van der Waals surface area contributed by atoms with Gasteiger partial charge in [-0.1, -0.05) is 12.2 Å². The molecule has 0 saturated heterocycles. The molecule has 0 spiro atoms. The minimum atomic E-state index is -0.896. The summed E-state index contributed by atoms with van der Waals surface area (Å²) in [5.74, 6) is -2.27. The van der Waals surface area contributed by atoms with Gasteiger partial charge in [0.05, 0.1) is 17.5 Å². The quantitative estimate of drug-likeness (QED) is 0.655. The van der Waals surface area contributed by atoms with Crippen LogP contribution in [0.25, 0.3) is 0 Å². The summed E-state index contributed by atoms with van der Waals surface area (Å²) in [4.78, 5) is 27.8.